The van der Waals surface area contributed by atoms with E-state index < -0.39 is 0 Å². The number of ether oxygens (including phenoxy) is 1. The zero-order valence-corrected chi connectivity index (χ0v) is 14.8. The zero-order chi connectivity index (χ0) is 18.4. The molecule has 26 heavy (non-hydrogen) atoms. The first kappa shape index (κ1) is 17.8. The first-order valence-corrected chi connectivity index (χ1v) is 8.71. The molecule has 6 nitrogen and oxygen atoms in total. The molecule has 1 saturated heterocycles. The summed E-state index contributed by atoms with van der Waals surface area (Å²) in [4.78, 5) is 26.4. The van der Waals surface area contributed by atoms with Crippen LogP contribution in [0, 0.1) is 0 Å². The van der Waals surface area contributed by atoms with Gasteiger partial charge < -0.3 is 20.3 Å². The number of nitrogens with one attached hydrogen (secondary N) is 2. The number of hydrogen-bond acceptors (Lipinski definition) is 3. The number of nitrogens with zero attached hydrogens (tertiary/aromatic N) is 1. The van der Waals surface area contributed by atoms with Gasteiger partial charge in [-0.1, -0.05) is 18.2 Å². The number of methoxy groups -OCH3 is 1. The van der Waals surface area contributed by atoms with Gasteiger partial charge in [0.05, 0.1) is 7.11 Å². The predicted molar refractivity (Wildman–Crippen MR) is 101 cm³/mol. The molecule has 1 aliphatic rings. The van der Waals surface area contributed by atoms with Gasteiger partial charge in [0.25, 0.3) is 5.91 Å². The highest BCUT2D eigenvalue weighted by Crippen LogP contribution is 2.17. The van der Waals surface area contributed by atoms with Crippen molar-refractivity contribution in [2.24, 2.45) is 0 Å². The third-order valence-corrected chi connectivity index (χ3v) is 4.49. The van der Waals surface area contributed by atoms with Gasteiger partial charge in [-0.05, 0) is 49.2 Å². The van der Waals surface area contributed by atoms with Crippen molar-refractivity contribution in [3.63, 3.8) is 0 Å². The Kier molecular flexibility index (Phi) is 5.73. The Morgan fingerprint density at radius 1 is 1.00 bits per heavy atom. The Morgan fingerprint density at radius 2 is 1.65 bits per heavy atom. The maximum absolute atomic E-state index is 12.6. The van der Waals surface area contributed by atoms with E-state index in [9.17, 15) is 9.59 Å². The molecule has 0 aromatic heterocycles. The molecule has 0 atom stereocenters. The van der Waals surface area contributed by atoms with E-state index in [4.69, 9.17) is 4.74 Å². The van der Waals surface area contributed by atoms with Crippen LogP contribution in [-0.2, 0) is 0 Å². The summed E-state index contributed by atoms with van der Waals surface area (Å²) >= 11 is 0. The lowest BCUT2D eigenvalue weighted by Crippen LogP contribution is -2.47. The van der Waals surface area contributed by atoms with Crippen LogP contribution in [-0.4, -0.2) is 43.1 Å². The molecule has 0 bridgehead atoms. The molecule has 0 radical (unpaired) electrons. The van der Waals surface area contributed by atoms with Gasteiger partial charge in [0.15, 0.2) is 0 Å². The first-order valence-electron chi connectivity index (χ1n) is 8.71. The van der Waals surface area contributed by atoms with Crippen molar-refractivity contribution in [3.05, 3.63) is 60.2 Å². The van der Waals surface area contributed by atoms with Crippen LogP contribution in [0.15, 0.2) is 54.6 Å². The number of carbonyl (C=O) groups excluding carboxylic acids is 2. The highest BCUT2D eigenvalue weighted by atomic mass is 16.5. The van der Waals surface area contributed by atoms with E-state index >= 15 is 0 Å². The van der Waals surface area contributed by atoms with Crippen molar-refractivity contribution in [2.75, 3.05) is 25.5 Å². The molecule has 0 spiro atoms. The van der Waals surface area contributed by atoms with E-state index in [1.807, 2.05) is 35.2 Å². The molecule has 3 amide bonds. The third-order valence-electron chi connectivity index (χ3n) is 4.49. The smallest absolute Gasteiger partial charge is 0.319 e. The monoisotopic (exact) mass is 353 g/mol. The van der Waals surface area contributed by atoms with Crippen molar-refractivity contribution in [1.29, 1.82) is 0 Å². The quantitative estimate of drug-likeness (QED) is 0.887. The Labute approximate surface area is 153 Å². The van der Waals surface area contributed by atoms with E-state index in [1.165, 1.54) is 0 Å². The molecule has 6 heteroatoms. The molecule has 2 N–H and O–H groups in total. The van der Waals surface area contributed by atoms with E-state index in [1.54, 1.807) is 31.4 Å². The van der Waals surface area contributed by atoms with Gasteiger partial charge in [-0.3, -0.25) is 4.79 Å². The maximum atomic E-state index is 12.6. The Balaban J connectivity index is 1.47. The normalized spacial score (nSPS) is 14.6. The highest BCUT2D eigenvalue weighted by Gasteiger charge is 2.24. The van der Waals surface area contributed by atoms with Crippen molar-refractivity contribution in [3.8, 4) is 5.75 Å². The van der Waals surface area contributed by atoms with Crippen LogP contribution in [0.4, 0.5) is 10.5 Å². The fourth-order valence-electron chi connectivity index (χ4n) is 3.02. The summed E-state index contributed by atoms with van der Waals surface area (Å²) in [5.74, 6) is 0.744. The minimum Gasteiger partial charge on any atom is -0.497 e. The van der Waals surface area contributed by atoms with Crippen LogP contribution < -0.4 is 15.4 Å². The van der Waals surface area contributed by atoms with Gasteiger partial charge in [0.2, 0.25) is 0 Å². The third kappa shape index (κ3) is 4.53. The van der Waals surface area contributed by atoms with Crippen molar-refractivity contribution in [2.45, 2.75) is 18.9 Å². The van der Waals surface area contributed by atoms with E-state index in [0.29, 0.717) is 18.7 Å². The van der Waals surface area contributed by atoms with Gasteiger partial charge in [-0.25, -0.2) is 4.79 Å². The zero-order valence-electron chi connectivity index (χ0n) is 14.8. The molecular weight excluding hydrogens is 330 g/mol. The Hall–Kier alpha value is -3.02. The van der Waals surface area contributed by atoms with Gasteiger partial charge in [-0.2, -0.15) is 0 Å². The minimum absolute atomic E-state index is 0.0137. The number of piperidine rings is 1. The average Bonchev–Trinajstić information content (AvgIpc) is 2.69. The number of carbonyl (C=O) groups is 2. The molecule has 0 aliphatic carbocycles. The number of rotatable bonds is 4. The molecule has 2 aromatic carbocycles. The number of hydrogen-bond donors (Lipinski definition) is 2. The second-order valence-corrected chi connectivity index (χ2v) is 6.26. The Bertz CT molecular complexity index is 739. The number of anilines is 1. The lowest BCUT2D eigenvalue weighted by Gasteiger charge is -2.32. The molecule has 136 valence electrons. The summed E-state index contributed by atoms with van der Waals surface area (Å²) in [6.45, 7) is 1.25. The molecule has 1 aliphatic heterocycles. The van der Waals surface area contributed by atoms with Gasteiger partial charge in [0, 0.05) is 30.4 Å². The number of likely N-dealkylation sites (tertiary alicyclic amines) is 1. The highest BCUT2D eigenvalue weighted by molar-refractivity contribution is 5.94. The van der Waals surface area contributed by atoms with Gasteiger partial charge in [-0.15, -0.1) is 0 Å². The predicted octanol–water partition coefficient (Wildman–Crippen LogP) is 3.12. The summed E-state index contributed by atoms with van der Waals surface area (Å²) in [5, 5.41) is 5.79. The second kappa shape index (κ2) is 8.38. The van der Waals surface area contributed by atoms with Crippen molar-refractivity contribution >= 4 is 17.6 Å². The van der Waals surface area contributed by atoms with E-state index in [2.05, 4.69) is 10.6 Å². The van der Waals surface area contributed by atoms with Crippen LogP contribution in [0.5, 0.6) is 5.75 Å². The lowest BCUT2D eigenvalue weighted by molar-refractivity contribution is 0.0709. The maximum Gasteiger partial charge on any atom is 0.319 e. The lowest BCUT2D eigenvalue weighted by atomic mass is 10.0. The number of urea groups is 1. The van der Waals surface area contributed by atoms with Crippen LogP contribution in [0.3, 0.4) is 0 Å². The first-order chi connectivity index (χ1) is 12.7. The SMILES string of the molecule is COc1ccc(C(=O)N2CCC(NC(=O)Nc3ccccc3)CC2)cc1. The number of benzene rings is 2. The summed E-state index contributed by atoms with van der Waals surface area (Å²) in [7, 11) is 1.60. The Morgan fingerprint density at radius 3 is 2.27 bits per heavy atom. The molecule has 1 heterocycles. The number of amides is 3. The molecule has 3 rings (SSSR count). The fraction of sp³-hybridized carbons (Fsp3) is 0.300. The molecule has 0 unspecified atom stereocenters. The topological polar surface area (TPSA) is 70.7 Å². The molecule has 0 saturated carbocycles. The average molecular weight is 353 g/mol. The summed E-state index contributed by atoms with van der Waals surface area (Å²) in [5.41, 5.74) is 1.41. The van der Waals surface area contributed by atoms with Crippen molar-refractivity contribution in [1.82, 2.24) is 10.2 Å². The van der Waals surface area contributed by atoms with Gasteiger partial charge >= 0.3 is 6.03 Å². The van der Waals surface area contributed by atoms with Crippen LogP contribution in [0.2, 0.25) is 0 Å². The van der Waals surface area contributed by atoms with Crippen molar-refractivity contribution < 1.29 is 14.3 Å². The number of para-hydroxylation sites is 1. The second-order valence-electron chi connectivity index (χ2n) is 6.26. The summed E-state index contributed by atoms with van der Waals surface area (Å²) in [6.07, 6.45) is 1.48. The van der Waals surface area contributed by atoms with Crippen LogP contribution >= 0.6 is 0 Å². The standard InChI is InChI=1S/C20H23N3O3/c1-26-18-9-7-15(8-10-18)19(24)23-13-11-17(12-14-23)22-20(25)21-16-5-3-2-4-6-16/h2-10,17H,11-14H2,1H3,(H2,21,22,25). The van der Waals surface area contributed by atoms with E-state index in [0.717, 1.165) is 24.3 Å². The van der Waals surface area contributed by atoms with Crippen LogP contribution in [0.1, 0.15) is 23.2 Å². The molecule has 1 fully saturated rings. The molecule has 2 aromatic rings. The van der Waals surface area contributed by atoms with Gasteiger partial charge in [0.1, 0.15) is 5.75 Å². The fourth-order valence-corrected chi connectivity index (χ4v) is 3.02. The summed E-state index contributed by atoms with van der Waals surface area (Å²) in [6, 6.07) is 16.3. The molecular formula is C20H23N3O3. The minimum atomic E-state index is -0.212. The summed E-state index contributed by atoms with van der Waals surface area (Å²) < 4.78 is 5.12. The van der Waals surface area contributed by atoms with Crippen LogP contribution in [0.25, 0.3) is 0 Å². The largest absolute Gasteiger partial charge is 0.497 e. The van der Waals surface area contributed by atoms with E-state index in [-0.39, 0.29) is 18.0 Å².